The largest absolute Gasteiger partial charge is 0.366 e. The molecule has 1 aliphatic rings. The van der Waals surface area contributed by atoms with E-state index < -0.39 is 15.8 Å². The van der Waals surface area contributed by atoms with Crippen molar-refractivity contribution in [1.29, 1.82) is 0 Å². The van der Waals surface area contributed by atoms with Crippen LogP contribution in [0.15, 0.2) is 23.1 Å². The zero-order valence-corrected chi connectivity index (χ0v) is 11.8. The van der Waals surface area contributed by atoms with Crippen LogP contribution in [0.2, 0.25) is 0 Å². The van der Waals surface area contributed by atoms with Gasteiger partial charge in [-0.2, -0.15) is 8.42 Å². The number of hydrogen-bond acceptors (Lipinski definition) is 6. The average Bonchev–Trinajstić information content (AvgIpc) is 2.70. The molecule has 106 valence electrons. The van der Waals surface area contributed by atoms with E-state index in [1.54, 1.807) is 27.2 Å². The monoisotopic (exact) mass is 286 g/mol. The molecule has 0 aromatic heterocycles. The first-order valence-electron chi connectivity index (χ1n) is 5.82. The van der Waals surface area contributed by atoms with E-state index in [-0.39, 0.29) is 11.1 Å². The van der Waals surface area contributed by atoms with Crippen LogP contribution in [-0.4, -0.2) is 40.3 Å². The molecule has 1 unspecified atom stereocenters. The van der Waals surface area contributed by atoms with Gasteiger partial charge >= 0.3 is 0 Å². The average molecular weight is 286 g/mol. The third-order valence-corrected chi connectivity index (χ3v) is 4.37. The second kappa shape index (κ2) is 4.73. The van der Waals surface area contributed by atoms with Gasteiger partial charge in [0, 0.05) is 11.3 Å². The normalized spacial score (nSPS) is 20.9. The zero-order valence-electron chi connectivity index (χ0n) is 11.0. The van der Waals surface area contributed by atoms with Crippen molar-refractivity contribution in [3.63, 3.8) is 0 Å². The molecule has 1 aliphatic heterocycles. The first kappa shape index (κ1) is 14.2. The summed E-state index contributed by atoms with van der Waals surface area (Å²) in [5.74, 6) is 0. The molecule has 0 bridgehead atoms. The molecular weight excluding hydrogens is 268 g/mol. The van der Waals surface area contributed by atoms with Crippen LogP contribution in [0.4, 0.5) is 5.69 Å². The van der Waals surface area contributed by atoms with Gasteiger partial charge in [0.1, 0.15) is 11.8 Å². The molecule has 2 rings (SSSR count). The van der Waals surface area contributed by atoms with Crippen molar-refractivity contribution in [2.75, 3.05) is 26.5 Å². The van der Waals surface area contributed by atoms with Crippen LogP contribution < -0.4 is 21.3 Å². The summed E-state index contributed by atoms with van der Waals surface area (Å²) in [4.78, 5) is -0.125. The summed E-state index contributed by atoms with van der Waals surface area (Å²) in [5.41, 5.74) is 0.868. The van der Waals surface area contributed by atoms with Crippen LogP contribution in [0.3, 0.4) is 0 Å². The van der Waals surface area contributed by atoms with E-state index in [1.165, 1.54) is 12.1 Å². The second-order valence-corrected chi connectivity index (χ2v) is 5.78. The molecule has 1 aromatic carbocycles. The van der Waals surface area contributed by atoms with Crippen LogP contribution in [0, 0.1) is 0 Å². The first-order chi connectivity index (χ1) is 8.89. The minimum absolute atomic E-state index is 0.125. The van der Waals surface area contributed by atoms with Gasteiger partial charge in [-0.1, -0.05) is 0 Å². The number of fused-ring (bicyclic) bond motifs is 1. The molecule has 0 fully saturated rings. The molecular formula is C11H18N4O3S. The van der Waals surface area contributed by atoms with Crippen LogP contribution in [0.1, 0.15) is 5.56 Å². The Hall–Kier alpha value is -1.19. The number of anilines is 1. The van der Waals surface area contributed by atoms with Gasteiger partial charge < -0.3 is 5.32 Å². The van der Waals surface area contributed by atoms with Gasteiger partial charge in [0.15, 0.2) is 0 Å². The Morgan fingerprint density at radius 2 is 1.89 bits per heavy atom. The van der Waals surface area contributed by atoms with Gasteiger partial charge in [-0.15, -0.1) is 0 Å². The minimum atomic E-state index is -4.22. The van der Waals surface area contributed by atoms with E-state index >= 15 is 0 Å². The summed E-state index contributed by atoms with van der Waals surface area (Å²) < 4.78 is 31.7. The lowest BCUT2D eigenvalue weighted by Crippen LogP contribution is -2.62. The number of nitrogens with one attached hydrogen (secondary N) is 4. The zero-order chi connectivity index (χ0) is 14.3. The van der Waals surface area contributed by atoms with Gasteiger partial charge in [-0.3, -0.25) is 20.5 Å². The van der Waals surface area contributed by atoms with Crippen LogP contribution in [0.5, 0.6) is 0 Å². The summed E-state index contributed by atoms with van der Waals surface area (Å²) in [6, 6.07) is 4.47. The highest BCUT2D eigenvalue weighted by Crippen LogP contribution is 2.37. The molecule has 0 radical (unpaired) electrons. The topological polar surface area (TPSA) is 102 Å². The maximum absolute atomic E-state index is 11.3. The fourth-order valence-corrected chi connectivity index (χ4v) is 3.03. The number of rotatable bonds is 4. The Kier molecular flexibility index (Phi) is 3.54. The van der Waals surface area contributed by atoms with Gasteiger partial charge in [-0.05, 0) is 39.3 Å². The quantitative estimate of drug-likeness (QED) is 0.375. The van der Waals surface area contributed by atoms with Crippen molar-refractivity contribution in [3.05, 3.63) is 23.8 Å². The number of likely N-dealkylation sites (N-methyl/N-ethyl adjacent to an activating group) is 3. The molecule has 8 heteroatoms. The Bertz CT molecular complexity index is 584. The van der Waals surface area contributed by atoms with Crippen molar-refractivity contribution in [1.82, 2.24) is 16.0 Å². The summed E-state index contributed by atoms with van der Waals surface area (Å²) in [6.45, 7) is 0. The lowest BCUT2D eigenvalue weighted by molar-refractivity contribution is 0.250. The molecule has 1 atom stereocenters. The molecule has 1 aromatic rings. The fourth-order valence-electron chi connectivity index (χ4n) is 2.53. The molecule has 0 amide bonds. The maximum atomic E-state index is 11.3. The third-order valence-electron chi connectivity index (χ3n) is 3.52. The highest BCUT2D eigenvalue weighted by Gasteiger charge is 2.44. The lowest BCUT2D eigenvalue weighted by atomic mass is 9.99. The molecule has 1 heterocycles. The van der Waals surface area contributed by atoms with E-state index in [2.05, 4.69) is 21.3 Å². The predicted octanol–water partition coefficient (Wildman–Crippen LogP) is -0.504. The fraction of sp³-hybridized carbons (Fsp3) is 0.455. The minimum Gasteiger partial charge on any atom is -0.366 e. The van der Waals surface area contributed by atoms with Gasteiger partial charge in [-0.25, -0.2) is 0 Å². The van der Waals surface area contributed by atoms with Crippen molar-refractivity contribution < 1.29 is 13.0 Å². The smallest absolute Gasteiger partial charge is 0.294 e. The molecule has 0 spiro atoms. The lowest BCUT2D eigenvalue weighted by Gasteiger charge is -2.35. The first-order valence-corrected chi connectivity index (χ1v) is 7.26. The van der Waals surface area contributed by atoms with Gasteiger partial charge in [0.2, 0.25) is 0 Å². The predicted molar refractivity (Wildman–Crippen MR) is 72.5 cm³/mol. The summed E-state index contributed by atoms with van der Waals surface area (Å²) in [7, 11) is 1.13. The van der Waals surface area contributed by atoms with Crippen LogP contribution >= 0.6 is 0 Å². The summed E-state index contributed by atoms with van der Waals surface area (Å²) >= 11 is 0. The Morgan fingerprint density at radius 3 is 2.37 bits per heavy atom. The standard InChI is InChI=1S/C11H18N4O3S/c1-12-10-11(13-2,14-3)8-6-7(19(16,17)18)4-5-9(8)15-10/h4-6,10,12-15H,1-3H3,(H,16,17,18). The van der Waals surface area contributed by atoms with Crippen molar-refractivity contribution >= 4 is 15.8 Å². The van der Waals surface area contributed by atoms with E-state index in [0.717, 1.165) is 11.3 Å². The molecule has 5 N–H and O–H groups in total. The van der Waals surface area contributed by atoms with Gasteiger partial charge in [0.05, 0.1) is 4.90 Å². The summed E-state index contributed by atoms with van der Waals surface area (Å²) in [5, 5.41) is 12.7. The molecule has 7 nitrogen and oxygen atoms in total. The Morgan fingerprint density at radius 1 is 1.26 bits per heavy atom. The van der Waals surface area contributed by atoms with E-state index in [0.29, 0.717) is 0 Å². The molecule has 0 saturated carbocycles. The third kappa shape index (κ3) is 2.11. The van der Waals surface area contributed by atoms with E-state index in [4.69, 9.17) is 4.55 Å². The van der Waals surface area contributed by atoms with Crippen LogP contribution in [-0.2, 0) is 15.8 Å². The molecule has 0 saturated heterocycles. The SMILES string of the molecule is CNC1Nc2ccc(S(=O)(=O)O)cc2C1(NC)NC. The van der Waals surface area contributed by atoms with E-state index in [1.807, 2.05) is 0 Å². The maximum Gasteiger partial charge on any atom is 0.294 e. The van der Waals surface area contributed by atoms with E-state index in [9.17, 15) is 8.42 Å². The van der Waals surface area contributed by atoms with Crippen molar-refractivity contribution in [2.24, 2.45) is 0 Å². The summed E-state index contributed by atoms with van der Waals surface area (Å²) in [6.07, 6.45) is -0.158. The van der Waals surface area contributed by atoms with Crippen molar-refractivity contribution in [3.8, 4) is 0 Å². The number of hydrogen-bond donors (Lipinski definition) is 5. The molecule has 19 heavy (non-hydrogen) atoms. The Balaban J connectivity index is 2.62. The second-order valence-electron chi connectivity index (χ2n) is 4.36. The number of benzene rings is 1. The van der Waals surface area contributed by atoms with Crippen LogP contribution in [0.25, 0.3) is 0 Å². The molecule has 0 aliphatic carbocycles. The highest BCUT2D eigenvalue weighted by molar-refractivity contribution is 7.85. The van der Waals surface area contributed by atoms with Gasteiger partial charge in [0.25, 0.3) is 10.1 Å². The van der Waals surface area contributed by atoms with Crippen molar-refractivity contribution in [2.45, 2.75) is 16.7 Å². The Labute approximate surface area is 112 Å². The highest BCUT2D eigenvalue weighted by atomic mass is 32.2.